The van der Waals surface area contributed by atoms with Gasteiger partial charge < -0.3 is 9.80 Å². The number of para-hydroxylation sites is 1. The molecule has 22 heavy (non-hydrogen) atoms. The second-order valence-electron chi connectivity index (χ2n) is 6.00. The summed E-state index contributed by atoms with van der Waals surface area (Å²) < 4.78 is 0. The molecule has 0 aliphatic carbocycles. The smallest absolute Gasteiger partial charge is 0.254 e. The molecular weight excluding hydrogens is 272 g/mol. The first kappa shape index (κ1) is 16.6. The van der Waals surface area contributed by atoms with Crippen molar-refractivity contribution >= 4 is 17.2 Å². The Hall–Kier alpha value is -1.77. The van der Waals surface area contributed by atoms with E-state index in [1.54, 1.807) is 0 Å². The Bertz CT molecular complexity index is 556. The molecule has 1 aromatic carbocycles. The molecule has 1 amide bonds. The summed E-state index contributed by atoms with van der Waals surface area (Å²) in [4.78, 5) is 17.4. The van der Waals surface area contributed by atoms with Crippen LogP contribution in [0.1, 0.15) is 45.6 Å². The molecule has 0 saturated carbocycles. The lowest BCUT2D eigenvalue weighted by Crippen LogP contribution is -2.36. The van der Waals surface area contributed by atoms with Gasteiger partial charge in [0.1, 0.15) is 0 Å². The molecule has 0 fully saturated rings. The molecule has 0 atom stereocenters. The molecule has 1 aliphatic heterocycles. The van der Waals surface area contributed by atoms with Crippen LogP contribution in [0, 0.1) is 0 Å². The van der Waals surface area contributed by atoms with E-state index in [-0.39, 0.29) is 5.91 Å². The van der Waals surface area contributed by atoms with Gasteiger partial charge >= 0.3 is 0 Å². The highest BCUT2D eigenvalue weighted by atomic mass is 16.2. The number of rotatable bonds is 6. The van der Waals surface area contributed by atoms with E-state index in [0.717, 1.165) is 55.7 Å². The van der Waals surface area contributed by atoms with Gasteiger partial charge in [0.2, 0.25) is 0 Å². The van der Waals surface area contributed by atoms with Gasteiger partial charge in [0, 0.05) is 43.5 Å². The quantitative estimate of drug-likeness (QED) is 0.794. The highest BCUT2D eigenvalue weighted by Gasteiger charge is 2.28. The van der Waals surface area contributed by atoms with Crippen molar-refractivity contribution in [2.45, 2.75) is 40.0 Å². The van der Waals surface area contributed by atoms with Crippen molar-refractivity contribution in [3.8, 4) is 0 Å². The van der Waals surface area contributed by atoms with Crippen molar-refractivity contribution in [3.63, 3.8) is 0 Å². The highest BCUT2D eigenvalue weighted by molar-refractivity contribution is 6.22. The molecule has 1 aliphatic rings. The van der Waals surface area contributed by atoms with Crippen molar-refractivity contribution < 1.29 is 4.79 Å². The molecule has 3 heteroatoms. The fraction of sp³-hybridized carbons (Fsp3) is 0.526. The number of likely N-dealkylation sites (N-methyl/N-ethyl adjacent to an activating group) is 1. The number of fused-ring (bicyclic) bond motifs is 1. The number of benzene rings is 1. The van der Waals surface area contributed by atoms with Crippen LogP contribution in [0.4, 0.5) is 5.69 Å². The average molecular weight is 300 g/mol. The van der Waals surface area contributed by atoms with E-state index in [0.29, 0.717) is 0 Å². The Labute approximate surface area is 134 Å². The largest absolute Gasteiger partial charge is 0.370 e. The lowest BCUT2D eigenvalue weighted by atomic mass is 9.91. The Morgan fingerprint density at radius 3 is 2.36 bits per heavy atom. The molecule has 0 spiro atoms. The second kappa shape index (κ2) is 7.48. The summed E-state index contributed by atoms with van der Waals surface area (Å²) in [6.45, 7) is 8.94. The van der Waals surface area contributed by atoms with Gasteiger partial charge in [0.15, 0.2) is 0 Å². The minimum atomic E-state index is 0.209. The number of carbonyl (C=O) groups is 1. The van der Waals surface area contributed by atoms with Gasteiger partial charge in [-0.1, -0.05) is 39.0 Å². The molecule has 1 heterocycles. The zero-order valence-corrected chi connectivity index (χ0v) is 14.4. The number of hydrogen-bond acceptors (Lipinski definition) is 2. The standard InChI is InChI=1S/C19H28N2O/c1-5-12-21(13-6-2)19(22)18-15(7-3)14-20(4)17-11-9-8-10-16(17)18/h8-11H,5-7,12-14H2,1-4H3. The predicted octanol–water partition coefficient (Wildman–Crippen LogP) is 3.95. The van der Waals surface area contributed by atoms with E-state index in [2.05, 4.69) is 44.9 Å². The minimum Gasteiger partial charge on any atom is -0.370 e. The first-order chi connectivity index (χ1) is 10.6. The molecule has 2 rings (SSSR count). The Morgan fingerprint density at radius 1 is 1.14 bits per heavy atom. The van der Waals surface area contributed by atoms with Gasteiger partial charge in [0.25, 0.3) is 5.91 Å². The number of nitrogens with zero attached hydrogens (tertiary/aromatic N) is 2. The van der Waals surface area contributed by atoms with Crippen LogP contribution in [-0.2, 0) is 4.79 Å². The zero-order valence-electron chi connectivity index (χ0n) is 14.4. The fourth-order valence-electron chi connectivity index (χ4n) is 3.23. The van der Waals surface area contributed by atoms with Crippen LogP contribution in [0.5, 0.6) is 0 Å². The zero-order chi connectivity index (χ0) is 16.1. The topological polar surface area (TPSA) is 23.6 Å². The third-order valence-electron chi connectivity index (χ3n) is 4.28. The SMILES string of the molecule is CCCN(CCC)C(=O)C1=C(CC)CN(C)c2ccccc21. The summed E-state index contributed by atoms with van der Waals surface area (Å²) in [5.41, 5.74) is 4.45. The Kier molecular flexibility index (Phi) is 5.64. The third-order valence-corrected chi connectivity index (χ3v) is 4.28. The van der Waals surface area contributed by atoms with Crippen molar-refractivity contribution in [3.05, 3.63) is 35.4 Å². The maximum Gasteiger partial charge on any atom is 0.254 e. The van der Waals surface area contributed by atoms with Gasteiger partial charge in [-0.2, -0.15) is 0 Å². The molecule has 120 valence electrons. The van der Waals surface area contributed by atoms with Crippen LogP contribution < -0.4 is 4.90 Å². The summed E-state index contributed by atoms with van der Waals surface area (Å²) in [5, 5.41) is 0. The second-order valence-corrected chi connectivity index (χ2v) is 6.00. The molecule has 0 unspecified atom stereocenters. The number of hydrogen-bond donors (Lipinski definition) is 0. The van der Waals surface area contributed by atoms with E-state index >= 15 is 0 Å². The van der Waals surface area contributed by atoms with Gasteiger partial charge in [0.05, 0.1) is 0 Å². The first-order valence-electron chi connectivity index (χ1n) is 8.45. The highest BCUT2D eigenvalue weighted by Crippen LogP contribution is 2.36. The third kappa shape index (κ3) is 3.18. The first-order valence-corrected chi connectivity index (χ1v) is 8.45. The molecule has 0 bridgehead atoms. The predicted molar refractivity (Wildman–Crippen MR) is 94.1 cm³/mol. The van der Waals surface area contributed by atoms with Crippen LogP contribution >= 0.6 is 0 Å². The van der Waals surface area contributed by atoms with Crippen molar-refractivity contribution in [1.82, 2.24) is 4.90 Å². The van der Waals surface area contributed by atoms with Gasteiger partial charge in [-0.15, -0.1) is 0 Å². The lowest BCUT2D eigenvalue weighted by molar-refractivity contribution is -0.125. The van der Waals surface area contributed by atoms with Crippen molar-refractivity contribution in [2.75, 3.05) is 31.6 Å². The normalized spacial score (nSPS) is 14.1. The van der Waals surface area contributed by atoms with Crippen LogP contribution in [0.3, 0.4) is 0 Å². The minimum absolute atomic E-state index is 0.209. The Morgan fingerprint density at radius 2 is 1.77 bits per heavy atom. The van der Waals surface area contributed by atoms with Crippen LogP contribution in [0.15, 0.2) is 29.8 Å². The summed E-state index contributed by atoms with van der Waals surface area (Å²) in [7, 11) is 2.10. The van der Waals surface area contributed by atoms with Crippen LogP contribution in [-0.4, -0.2) is 37.5 Å². The van der Waals surface area contributed by atoms with Crippen molar-refractivity contribution in [1.29, 1.82) is 0 Å². The molecule has 0 aromatic heterocycles. The molecular formula is C19H28N2O. The van der Waals surface area contributed by atoms with Gasteiger partial charge in [-0.3, -0.25) is 4.79 Å². The molecule has 3 nitrogen and oxygen atoms in total. The molecule has 0 radical (unpaired) electrons. The van der Waals surface area contributed by atoms with Crippen LogP contribution in [0.2, 0.25) is 0 Å². The van der Waals surface area contributed by atoms with E-state index < -0.39 is 0 Å². The van der Waals surface area contributed by atoms with Gasteiger partial charge in [-0.25, -0.2) is 0 Å². The summed E-state index contributed by atoms with van der Waals surface area (Å²) in [5.74, 6) is 0.209. The average Bonchev–Trinajstić information content (AvgIpc) is 2.54. The van der Waals surface area contributed by atoms with E-state index in [1.807, 2.05) is 17.0 Å². The summed E-state index contributed by atoms with van der Waals surface area (Å²) in [6, 6.07) is 8.27. The maximum atomic E-state index is 13.2. The number of anilines is 1. The van der Waals surface area contributed by atoms with Crippen LogP contribution in [0.25, 0.3) is 5.57 Å². The number of carbonyl (C=O) groups excluding carboxylic acids is 1. The molecule has 0 saturated heterocycles. The lowest BCUT2D eigenvalue weighted by Gasteiger charge is -2.33. The maximum absolute atomic E-state index is 13.2. The molecule has 0 N–H and O–H groups in total. The van der Waals surface area contributed by atoms with Gasteiger partial charge in [-0.05, 0) is 30.9 Å². The van der Waals surface area contributed by atoms with E-state index in [1.165, 1.54) is 5.57 Å². The monoisotopic (exact) mass is 300 g/mol. The summed E-state index contributed by atoms with van der Waals surface area (Å²) >= 11 is 0. The Balaban J connectivity index is 2.47. The van der Waals surface area contributed by atoms with Crippen molar-refractivity contribution in [2.24, 2.45) is 0 Å². The van der Waals surface area contributed by atoms with E-state index in [4.69, 9.17) is 0 Å². The summed E-state index contributed by atoms with van der Waals surface area (Å²) in [6.07, 6.45) is 2.93. The van der Waals surface area contributed by atoms with E-state index in [9.17, 15) is 4.79 Å². The fourth-order valence-corrected chi connectivity index (χ4v) is 3.23. The molecule has 1 aromatic rings. The number of amides is 1.